The Morgan fingerprint density at radius 3 is 1.93 bits per heavy atom. The van der Waals surface area contributed by atoms with Crippen molar-refractivity contribution < 1.29 is 57.6 Å². The van der Waals surface area contributed by atoms with E-state index in [9.17, 15) is 33.9 Å². The van der Waals surface area contributed by atoms with Gasteiger partial charge in [-0.05, 0) is 119 Å². The number of alkyl carbamates (subject to hydrolysis) is 2. The molecule has 1 aliphatic rings. The van der Waals surface area contributed by atoms with Crippen molar-refractivity contribution in [2.45, 2.75) is 137 Å². The molecule has 0 aliphatic carbocycles. The van der Waals surface area contributed by atoms with Gasteiger partial charge in [-0.1, -0.05) is 87.9 Å². The highest BCUT2D eigenvalue weighted by atomic mass is 16.6. The van der Waals surface area contributed by atoms with E-state index >= 15 is 4.79 Å². The summed E-state index contributed by atoms with van der Waals surface area (Å²) in [4.78, 5) is 97.1. The first-order valence-corrected chi connectivity index (χ1v) is 26.0. The van der Waals surface area contributed by atoms with Crippen molar-refractivity contribution in [3.8, 4) is 33.8 Å². The molecule has 4 atom stereocenters. The lowest BCUT2D eigenvalue weighted by Crippen LogP contribution is -2.45. The van der Waals surface area contributed by atoms with Gasteiger partial charge in [0.2, 0.25) is 11.8 Å². The quantitative estimate of drug-likeness (QED) is 0.0481. The SMILES string of the molecule is CCCCc1ccc(-c2ccc(C(=O)C[C@@H](CNC(=O)OC(C)(C)C)C(=O)N(C)[C@@H]3C(=O)C[C@@H](C)C(=O)N[C@H](CC(=O)O)Cc4ccc(OCCNC(=O)OC(C)(C)C)c(c4)-c4cc3ccc4OCCC)cc2)cc1. The zero-order valence-electron chi connectivity index (χ0n) is 45.3. The average molecular weight is 1030 g/mol. The molecule has 0 aromatic heterocycles. The summed E-state index contributed by atoms with van der Waals surface area (Å²) in [5.41, 5.74) is 3.89. The number of carboxylic acid groups (broad SMARTS) is 1. The van der Waals surface area contributed by atoms with Crippen LogP contribution in [0.4, 0.5) is 9.59 Å². The van der Waals surface area contributed by atoms with Crippen LogP contribution in [0.5, 0.6) is 11.5 Å². The van der Waals surface area contributed by atoms with E-state index in [-0.39, 0.29) is 44.7 Å². The summed E-state index contributed by atoms with van der Waals surface area (Å²) in [6.07, 6.45) is 1.43. The van der Waals surface area contributed by atoms with Crippen molar-refractivity contribution in [3.05, 3.63) is 107 Å². The molecule has 0 saturated heterocycles. The zero-order chi connectivity index (χ0) is 55.0. The minimum Gasteiger partial charge on any atom is -0.493 e. The standard InChI is InChI=1S/C59H76N4O12/c1-11-13-14-38-15-18-40(19-16-38)41-20-22-42(23-21-41)48(64)34-44(36-61-57(71)75-59(7,8)9)55(69)63(10)53-43-24-26-51(72-28-12-2)47(33-43)46-32-39(17-25-50(46)73-29-27-60-56(70)74-58(4,5)6)31-45(35-52(66)67)62-54(68)37(3)30-49(53)65/h15-26,32-33,37,44-45,53H,11-14,27-31,34-36H2,1-10H3,(H,60,70)(H,61,71)(H,62,68)(H,66,67)/t37-,44+,45+,53+/m1/s1. The summed E-state index contributed by atoms with van der Waals surface area (Å²) in [6.45, 7) is 16.1. The topological polar surface area (TPSA) is 216 Å². The molecule has 5 rings (SSSR count). The molecule has 16 heteroatoms. The number of Topliss-reactive ketones (excluding diaryl/α,β-unsaturated/α-hetero) is 2. The predicted octanol–water partition coefficient (Wildman–Crippen LogP) is 10.1. The van der Waals surface area contributed by atoms with Crippen molar-refractivity contribution in [1.29, 1.82) is 0 Å². The number of nitrogens with zero attached hydrogens (tertiary/aromatic N) is 1. The number of aryl methyl sites for hydroxylation is 1. The number of carboxylic acids is 1. The number of fused-ring (bicyclic) bond motifs is 5. The van der Waals surface area contributed by atoms with Gasteiger partial charge in [0.1, 0.15) is 35.3 Å². The molecule has 1 aliphatic heterocycles. The van der Waals surface area contributed by atoms with E-state index in [4.69, 9.17) is 18.9 Å². The number of rotatable bonds is 20. The van der Waals surface area contributed by atoms with Gasteiger partial charge in [0, 0.05) is 55.1 Å². The summed E-state index contributed by atoms with van der Waals surface area (Å²) >= 11 is 0. The predicted molar refractivity (Wildman–Crippen MR) is 287 cm³/mol. The first kappa shape index (κ1) is 58.7. The molecule has 16 nitrogen and oxygen atoms in total. The monoisotopic (exact) mass is 1030 g/mol. The van der Waals surface area contributed by atoms with E-state index in [1.807, 2.05) is 19.1 Å². The fourth-order valence-corrected chi connectivity index (χ4v) is 8.70. The summed E-state index contributed by atoms with van der Waals surface area (Å²) in [5, 5.41) is 18.1. The maximum Gasteiger partial charge on any atom is 0.407 e. The molecular formula is C59H76N4O12. The second-order valence-corrected chi connectivity index (χ2v) is 21.2. The van der Waals surface area contributed by atoms with Gasteiger partial charge in [-0.2, -0.15) is 0 Å². The third-order valence-electron chi connectivity index (χ3n) is 12.4. The summed E-state index contributed by atoms with van der Waals surface area (Å²) in [7, 11) is 1.45. The Bertz CT molecular complexity index is 2630. The van der Waals surface area contributed by atoms with Crippen molar-refractivity contribution in [3.63, 3.8) is 0 Å². The van der Waals surface area contributed by atoms with E-state index in [1.165, 1.54) is 17.5 Å². The number of amides is 4. The fourth-order valence-electron chi connectivity index (χ4n) is 8.70. The van der Waals surface area contributed by atoms with Gasteiger partial charge in [-0.25, -0.2) is 9.59 Å². The van der Waals surface area contributed by atoms with Crippen molar-refractivity contribution >= 4 is 41.5 Å². The molecule has 0 fully saturated rings. The molecule has 0 spiro atoms. The number of hydrogen-bond donors (Lipinski definition) is 4. The maximum absolute atomic E-state index is 15.1. The summed E-state index contributed by atoms with van der Waals surface area (Å²) in [5.74, 6) is -4.60. The third kappa shape index (κ3) is 18.0. The first-order valence-electron chi connectivity index (χ1n) is 26.0. The second-order valence-electron chi connectivity index (χ2n) is 21.2. The Kier molecular flexibility index (Phi) is 21.0. The van der Waals surface area contributed by atoms with Crippen LogP contribution in [0, 0.1) is 11.8 Å². The summed E-state index contributed by atoms with van der Waals surface area (Å²) in [6, 6.07) is 23.6. The highest BCUT2D eigenvalue weighted by Gasteiger charge is 2.37. The van der Waals surface area contributed by atoms with Crippen molar-refractivity contribution in [2.24, 2.45) is 11.8 Å². The Hall–Kier alpha value is -7.23. The number of nitrogens with one attached hydrogen (secondary N) is 3. The van der Waals surface area contributed by atoms with Gasteiger partial charge in [0.25, 0.3) is 0 Å². The van der Waals surface area contributed by atoms with Crippen LogP contribution in [-0.4, -0.2) is 102 Å². The Morgan fingerprint density at radius 2 is 1.33 bits per heavy atom. The number of ketones is 2. The lowest BCUT2D eigenvalue weighted by atomic mass is 9.88. The van der Waals surface area contributed by atoms with Gasteiger partial charge in [-0.3, -0.25) is 24.0 Å². The molecule has 0 radical (unpaired) electrons. The van der Waals surface area contributed by atoms with Gasteiger partial charge < -0.3 is 44.9 Å². The number of benzene rings is 4. The molecule has 4 bridgehead atoms. The van der Waals surface area contributed by atoms with Gasteiger partial charge >= 0.3 is 18.2 Å². The Morgan fingerprint density at radius 1 is 0.747 bits per heavy atom. The molecule has 404 valence electrons. The van der Waals surface area contributed by atoms with E-state index in [0.29, 0.717) is 52.3 Å². The normalized spacial score (nSPS) is 16.3. The van der Waals surface area contributed by atoms with Gasteiger partial charge in [0.15, 0.2) is 11.6 Å². The Balaban J connectivity index is 1.57. The number of hydrogen-bond acceptors (Lipinski definition) is 11. The minimum atomic E-state index is -1.35. The van der Waals surface area contributed by atoms with Crippen molar-refractivity contribution in [1.82, 2.24) is 20.9 Å². The summed E-state index contributed by atoms with van der Waals surface area (Å²) < 4.78 is 23.5. The molecule has 0 unspecified atom stereocenters. The number of aliphatic carboxylic acids is 1. The fraction of sp³-hybridized carbons (Fsp3) is 0.475. The van der Waals surface area contributed by atoms with Crippen LogP contribution < -0.4 is 25.4 Å². The second kappa shape index (κ2) is 26.8. The van der Waals surface area contributed by atoms with Crippen LogP contribution in [0.25, 0.3) is 22.3 Å². The van der Waals surface area contributed by atoms with Crippen molar-refractivity contribution in [2.75, 3.05) is 33.4 Å². The van der Waals surface area contributed by atoms with Crippen LogP contribution in [0.2, 0.25) is 0 Å². The maximum atomic E-state index is 15.1. The molecule has 4 N–H and O–H groups in total. The largest absolute Gasteiger partial charge is 0.493 e. The molecule has 4 aromatic carbocycles. The average Bonchev–Trinajstić information content (AvgIpc) is 3.34. The van der Waals surface area contributed by atoms with E-state index in [0.717, 1.165) is 30.4 Å². The molecule has 1 heterocycles. The Labute approximate surface area is 441 Å². The molecule has 0 saturated carbocycles. The number of ether oxygens (including phenoxy) is 4. The number of unbranched alkanes of at least 4 members (excludes halogenated alkanes) is 1. The van der Waals surface area contributed by atoms with E-state index in [2.05, 4.69) is 47.1 Å². The molecule has 4 aromatic rings. The van der Waals surface area contributed by atoms with Crippen LogP contribution in [-0.2, 0) is 41.5 Å². The van der Waals surface area contributed by atoms with Gasteiger partial charge in [-0.15, -0.1) is 0 Å². The lowest BCUT2D eigenvalue weighted by Gasteiger charge is -2.32. The van der Waals surface area contributed by atoms with Crippen LogP contribution in [0.1, 0.15) is 134 Å². The highest BCUT2D eigenvalue weighted by Crippen LogP contribution is 2.41. The first-order chi connectivity index (χ1) is 35.4. The van der Waals surface area contributed by atoms with E-state index in [1.54, 1.807) is 97.0 Å². The van der Waals surface area contributed by atoms with Crippen LogP contribution in [0.15, 0.2) is 84.9 Å². The molecule has 75 heavy (non-hydrogen) atoms. The lowest BCUT2D eigenvalue weighted by molar-refractivity contribution is -0.142. The molecular weight excluding hydrogens is 957 g/mol. The van der Waals surface area contributed by atoms with Crippen LogP contribution in [0.3, 0.4) is 0 Å². The minimum absolute atomic E-state index is 0.0128. The number of carbonyl (C=O) groups excluding carboxylic acids is 6. The molecule has 4 amide bonds. The van der Waals surface area contributed by atoms with Gasteiger partial charge in [0.05, 0.1) is 25.5 Å². The third-order valence-corrected chi connectivity index (χ3v) is 12.4. The zero-order valence-corrected chi connectivity index (χ0v) is 45.3. The van der Waals surface area contributed by atoms with E-state index < -0.39 is 77.3 Å². The number of likely N-dealkylation sites (N-methyl/N-ethyl adjacent to an activating group) is 1. The number of carbonyl (C=O) groups is 7. The van der Waals surface area contributed by atoms with Crippen LogP contribution >= 0.6 is 0 Å². The highest BCUT2D eigenvalue weighted by molar-refractivity contribution is 6.00. The smallest absolute Gasteiger partial charge is 0.407 e.